The van der Waals surface area contributed by atoms with Crippen molar-refractivity contribution in [1.82, 2.24) is 10.1 Å². The summed E-state index contributed by atoms with van der Waals surface area (Å²) in [6.45, 7) is 3.77. The van der Waals surface area contributed by atoms with Gasteiger partial charge in [0, 0.05) is 41.4 Å². The van der Waals surface area contributed by atoms with Crippen molar-refractivity contribution in [3.63, 3.8) is 0 Å². The van der Waals surface area contributed by atoms with Crippen molar-refractivity contribution in [1.29, 1.82) is 0 Å². The number of nitrogens with zero attached hydrogens (tertiary/aromatic N) is 2. The molecule has 3 rings (SSSR count). The quantitative estimate of drug-likeness (QED) is 0.594. The number of nitrogens with one attached hydrogen (secondary N) is 1. The largest absolute Gasteiger partial charge is 0.497 e. The molecular weight excluding hydrogens is 378 g/mol. The first-order valence-corrected chi connectivity index (χ1v) is 9.54. The minimum atomic E-state index is -0.260. The number of hydrogen-bond acceptors (Lipinski definition) is 7. The second-order valence-electron chi connectivity index (χ2n) is 6.00. The molecule has 1 N–H and O–H groups in total. The summed E-state index contributed by atoms with van der Waals surface area (Å²) in [6.07, 6.45) is 1.67. The van der Waals surface area contributed by atoms with Crippen molar-refractivity contribution in [2.24, 2.45) is 0 Å². The van der Waals surface area contributed by atoms with E-state index in [2.05, 4.69) is 15.5 Å². The van der Waals surface area contributed by atoms with E-state index in [4.69, 9.17) is 14.0 Å². The summed E-state index contributed by atoms with van der Waals surface area (Å²) in [5.41, 5.74) is 2.92. The fraction of sp³-hybridized carbons (Fsp3) is 0.250. The summed E-state index contributed by atoms with van der Waals surface area (Å²) in [5, 5.41) is 7.48. The van der Waals surface area contributed by atoms with Crippen LogP contribution in [0.15, 0.2) is 46.1 Å². The highest BCUT2D eigenvalue weighted by Gasteiger charge is 2.16. The molecule has 3 aromatic rings. The van der Waals surface area contributed by atoms with E-state index in [9.17, 15) is 4.79 Å². The molecule has 0 aliphatic carbocycles. The van der Waals surface area contributed by atoms with Gasteiger partial charge in [0.05, 0.1) is 25.5 Å². The second kappa shape index (κ2) is 8.79. The Balaban J connectivity index is 1.79. The third-order valence-electron chi connectivity index (χ3n) is 4.16. The van der Waals surface area contributed by atoms with E-state index in [0.29, 0.717) is 33.5 Å². The number of aryl methyl sites for hydroxylation is 2. The fourth-order valence-electron chi connectivity index (χ4n) is 2.61. The molecule has 0 aliphatic rings. The number of anilines is 1. The molecule has 0 fully saturated rings. The maximum Gasteiger partial charge on any atom is 0.258 e. The van der Waals surface area contributed by atoms with Crippen molar-refractivity contribution in [2.75, 3.05) is 19.5 Å². The predicted octanol–water partition coefficient (Wildman–Crippen LogP) is 4.25. The first-order chi connectivity index (χ1) is 13.5. The second-order valence-corrected chi connectivity index (χ2v) is 6.97. The van der Waals surface area contributed by atoms with Crippen LogP contribution in [-0.2, 0) is 5.75 Å². The van der Waals surface area contributed by atoms with Crippen molar-refractivity contribution in [3.8, 4) is 11.5 Å². The number of carbonyl (C=O) groups is 1. The van der Waals surface area contributed by atoms with Gasteiger partial charge in [-0.05, 0) is 26.0 Å². The highest BCUT2D eigenvalue weighted by molar-refractivity contribution is 7.98. The zero-order valence-electron chi connectivity index (χ0n) is 16.1. The van der Waals surface area contributed by atoms with E-state index in [1.54, 1.807) is 50.7 Å². The SMILES string of the molecule is COc1cc(NC(=O)c2cccnc2SCc2c(C)noc2C)cc(OC)c1. The molecule has 0 radical (unpaired) electrons. The topological polar surface area (TPSA) is 86.5 Å². The molecule has 0 saturated carbocycles. The zero-order valence-corrected chi connectivity index (χ0v) is 16.9. The van der Waals surface area contributed by atoms with Gasteiger partial charge in [0.15, 0.2) is 0 Å². The Hall–Kier alpha value is -3.00. The molecule has 7 nitrogen and oxygen atoms in total. The number of methoxy groups -OCH3 is 2. The summed E-state index contributed by atoms with van der Waals surface area (Å²) in [7, 11) is 3.12. The number of pyridine rings is 1. The van der Waals surface area contributed by atoms with Gasteiger partial charge in [-0.15, -0.1) is 11.8 Å². The maximum absolute atomic E-state index is 12.9. The minimum absolute atomic E-state index is 0.260. The van der Waals surface area contributed by atoms with E-state index in [-0.39, 0.29) is 5.91 Å². The van der Waals surface area contributed by atoms with Crippen LogP contribution in [0.3, 0.4) is 0 Å². The van der Waals surface area contributed by atoms with Crippen LogP contribution in [0.25, 0.3) is 0 Å². The standard InChI is InChI=1S/C20H21N3O4S/c1-12-18(13(2)27-23-12)11-28-20-17(6-5-7-21-20)19(24)22-14-8-15(25-3)10-16(9-14)26-4/h5-10H,11H2,1-4H3,(H,22,24). The molecule has 2 aromatic heterocycles. The summed E-state index contributed by atoms with van der Waals surface area (Å²) in [6, 6.07) is 8.68. The molecule has 8 heteroatoms. The van der Waals surface area contributed by atoms with Crippen molar-refractivity contribution >= 4 is 23.4 Å². The van der Waals surface area contributed by atoms with Crippen LogP contribution in [0, 0.1) is 13.8 Å². The zero-order chi connectivity index (χ0) is 20.1. The summed E-state index contributed by atoms with van der Waals surface area (Å²) >= 11 is 1.47. The molecule has 0 spiro atoms. The highest BCUT2D eigenvalue weighted by atomic mass is 32.2. The Morgan fingerprint density at radius 2 is 1.89 bits per heavy atom. The number of aromatic nitrogens is 2. The molecule has 146 valence electrons. The number of amides is 1. The van der Waals surface area contributed by atoms with Crippen molar-refractivity contribution in [3.05, 3.63) is 59.1 Å². The van der Waals surface area contributed by atoms with E-state index in [1.165, 1.54) is 11.8 Å². The Bertz CT molecular complexity index is 946. The lowest BCUT2D eigenvalue weighted by Crippen LogP contribution is -2.13. The molecule has 1 amide bonds. The van der Waals surface area contributed by atoms with Gasteiger partial charge < -0.3 is 19.3 Å². The van der Waals surface area contributed by atoms with E-state index in [1.807, 2.05) is 13.8 Å². The lowest BCUT2D eigenvalue weighted by Gasteiger charge is -2.11. The average molecular weight is 399 g/mol. The summed E-state index contributed by atoms with van der Waals surface area (Å²) in [5.74, 6) is 2.31. The molecular formula is C20H21N3O4S. The van der Waals surface area contributed by atoms with Crippen LogP contribution in [0.2, 0.25) is 0 Å². The summed E-state index contributed by atoms with van der Waals surface area (Å²) in [4.78, 5) is 17.2. The smallest absolute Gasteiger partial charge is 0.258 e. The van der Waals surface area contributed by atoms with Gasteiger partial charge in [0.25, 0.3) is 5.91 Å². The molecule has 1 aromatic carbocycles. The van der Waals surface area contributed by atoms with Crippen LogP contribution in [0.1, 0.15) is 27.4 Å². The Labute approximate surface area is 167 Å². The molecule has 0 bridgehead atoms. The highest BCUT2D eigenvalue weighted by Crippen LogP contribution is 2.29. The first-order valence-electron chi connectivity index (χ1n) is 8.55. The maximum atomic E-state index is 12.9. The fourth-order valence-corrected chi connectivity index (χ4v) is 3.75. The van der Waals surface area contributed by atoms with Crippen molar-refractivity contribution < 1.29 is 18.8 Å². The van der Waals surface area contributed by atoms with Crippen LogP contribution >= 0.6 is 11.8 Å². The predicted molar refractivity (Wildman–Crippen MR) is 107 cm³/mol. The van der Waals surface area contributed by atoms with Gasteiger partial charge in [-0.2, -0.15) is 0 Å². The molecule has 0 saturated heterocycles. The Morgan fingerprint density at radius 1 is 1.18 bits per heavy atom. The lowest BCUT2D eigenvalue weighted by atomic mass is 10.2. The number of thioether (sulfide) groups is 1. The van der Waals surface area contributed by atoms with Crippen LogP contribution in [0.4, 0.5) is 5.69 Å². The van der Waals surface area contributed by atoms with Crippen LogP contribution in [-0.4, -0.2) is 30.3 Å². The Morgan fingerprint density at radius 3 is 2.50 bits per heavy atom. The average Bonchev–Trinajstić information content (AvgIpc) is 3.03. The Kier molecular flexibility index (Phi) is 6.20. The van der Waals surface area contributed by atoms with Gasteiger partial charge >= 0.3 is 0 Å². The number of rotatable bonds is 7. The van der Waals surface area contributed by atoms with Crippen molar-refractivity contribution in [2.45, 2.75) is 24.6 Å². The van der Waals surface area contributed by atoms with Gasteiger partial charge in [-0.3, -0.25) is 4.79 Å². The summed E-state index contributed by atoms with van der Waals surface area (Å²) < 4.78 is 15.7. The third kappa shape index (κ3) is 4.45. The lowest BCUT2D eigenvalue weighted by molar-refractivity contribution is 0.102. The van der Waals surface area contributed by atoms with E-state index < -0.39 is 0 Å². The monoisotopic (exact) mass is 399 g/mol. The van der Waals surface area contributed by atoms with Crippen LogP contribution < -0.4 is 14.8 Å². The molecule has 28 heavy (non-hydrogen) atoms. The van der Waals surface area contributed by atoms with Crippen LogP contribution in [0.5, 0.6) is 11.5 Å². The van der Waals surface area contributed by atoms with Gasteiger partial charge in [0.2, 0.25) is 0 Å². The number of benzene rings is 1. The minimum Gasteiger partial charge on any atom is -0.497 e. The molecule has 0 aliphatic heterocycles. The normalized spacial score (nSPS) is 10.6. The number of hydrogen-bond donors (Lipinski definition) is 1. The van der Waals surface area contributed by atoms with Gasteiger partial charge in [-0.1, -0.05) is 5.16 Å². The van der Waals surface area contributed by atoms with E-state index >= 15 is 0 Å². The van der Waals surface area contributed by atoms with E-state index in [0.717, 1.165) is 17.0 Å². The van der Waals surface area contributed by atoms with Gasteiger partial charge in [-0.25, -0.2) is 4.98 Å². The van der Waals surface area contributed by atoms with Gasteiger partial charge in [0.1, 0.15) is 22.3 Å². The number of ether oxygens (including phenoxy) is 2. The number of carbonyl (C=O) groups excluding carboxylic acids is 1. The molecule has 0 unspecified atom stereocenters. The molecule has 2 heterocycles. The third-order valence-corrected chi connectivity index (χ3v) is 5.19. The first kappa shape index (κ1) is 19.8. The molecule has 0 atom stereocenters.